The van der Waals surface area contributed by atoms with Gasteiger partial charge in [-0.1, -0.05) is 35.1 Å². The molecular weight excluding hydrogens is 833 g/mol. The molecule has 4 saturated heterocycles. The van der Waals surface area contributed by atoms with Gasteiger partial charge in [-0.2, -0.15) is 10.5 Å². The predicted octanol–water partition coefficient (Wildman–Crippen LogP) is 6.08. The monoisotopic (exact) mass is 898 g/mol. The van der Waals surface area contributed by atoms with Crippen LogP contribution in [-0.4, -0.2) is 89.2 Å². The van der Waals surface area contributed by atoms with E-state index in [1.807, 2.05) is 0 Å². The van der Waals surface area contributed by atoms with E-state index in [0.29, 0.717) is 51.4 Å². The Balaban J connectivity index is 0.000000146. The molecule has 14 nitrogen and oxygen atoms in total. The first-order chi connectivity index (χ1) is 30.3. The Morgan fingerprint density at radius 1 is 0.692 bits per heavy atom. The van der Waals surface area contributed by atoms with Gasteiger partial charge in [0.05, 0.1) is 54.1 Å². The zero-order valence-corrected chi connectivity index (χ0v) is 38.0. The molecule has 9 saturated carbocycles. The average molecular weight is 899 g/mol. The van der Waals surface area contributed by atoms with E-state index < -0.39 is 55.9 Å². The van der Waals surface area contributed by atoms with E-state index >= 15 is 0 Å². The highest BCUT2D eigenvalue weighted by Gasteiger charge is 2.91. The fraction of sp³-hybridized carbons (Fsp3) is 0.843. The number of rotatable bonds is 1. The molecule has 2 bridgehead atoms. The summed E-state index contributed by atoms with van der Waals surface area (Å²) in [4.78, 5) is 76.6. The molecule has 14 heteroatoms. The van der Waals surface area contributed by atoms with Crippen LogP contribution < -0.4 is 0 Å². The van der Waals surface area contributed by atoms with Crippen LogP contribution in [0.15, 0.2) is 0 Å². The van der Waals surface area contributed by atoms with E-state index in [4.69, 9.17) is 28.8 Å². The second-order valence-corrected chi connectivity index (χ2v) is 23.4. The number of carbonyl (C=O) groups excluding carboxylic acids is 6. The van der Waals surface area contributed by atoms with Crippen molar-refractivity contribution in [1.82, 2.24) is 0 Å². The van der Waals surface area contributed by atoms with Crippen molar-refractivity contribution in [3.63, 3.8) is 0 Å². The number of Topliss-reactive ketones (excluding diaryl/α,β-unsaturated/α-hetero) is 3. The van der Waals surface area contributed by atoms with E-state index in [0.717, 1.165) is 58.5 Å². The van der Waals surface area contributed by atoms with Crippen LogP contribution in [0.1, 0.15) is 144 Å². The average Bonchev–Trinajstić information content (AvgIpc) is 3.89. The third kappa shape index (κ3) is 4.67. The molecule has 352 valence electrons. The van der Waals surface area contributed by atoms with Gasteiger partial charge in [-0.05, 0) is 88.9 Å². The Kier molecular flexibility index (Phi) is 9.36. The van der Waals surface area contributed by atoms with E-state index in [1.54, 1.807) is 0 Å². The lowest BCUT2D eigenvalue weighted by molar-refractivity contribution is -0.193. The van der Waals surface area contributed by atoms with E-state index in [-0.39, 0.29) is 102 Å². The maximum Gasteiger partial charge on any atom is 0.309 e. The number of ketones is 3. The number of fused-ring (bicyclic) bond motifs is 9. The van der Waals surface area contributed by atoms with E-state index in [2.05, 4.69) is 39.8 Å². The van der Waals surface area contributed by atoms with Crippen LogP contribution in [0.3, 0.4) is 0 Å². The predicted molar refractivity (Wildman–Crippen MR) is 226 cm³/mol. The number of carbonyl (C=O) groups is 6. The maximum atomic E-state index is 13.7. The van der Waals surface area contributed by atoms with Gasteiger partial charge in [0, 0.05) is 78.6 Å². The summed E-state index contributed by atoms with van der Waals surface area (Å²) >= 11 is 0. The van der Waals surface area contributed by atoms with Crippen LogP contribution in [0.25, 0.3) is 0 Å². The molecule has 0 aromatic heterocycles. The largest absolute Gasteiger partial charge is 0.469 e. The quantitative estimate of drug-likeness (QED) is 0.136. The highest BCUT2D eigenvalue weighted by atomic mass is 16.6. The van der Waals surface area contributed by atoms with Crippen molar-refractivity contribution >= 4 is 35.3 Å². The van der Waals surface area contributed by atoms with Gasteiger partial charge in [-0.15, -0.1) is 0 Å². The molecule has 0 amide bonds. The molecule has 65 heavy (non-hydrogen) atoms. The number of epoxide rings is 2. The summed E-state index contributed by atoms with van der Waals surface area (Å²) in [6, 6.07) is 5.06. The Hall–Kier alpha value is -3.72. The number of aliphatic hydroxyl groups is 1. The number of hydrogen-bond acceptors (Lipinski definition) is 14. The normalized spacial score (nSPS) is 55.8. The lowest BCUT2D eigenvalue weighted by atomic mass is 9.37. The molecule has 4 heterocycles. The Bertz CT molecular complexity index is 2300. The minimum atomic E-state index is -0.920. The summed E-state index contributed by atoms with van der Waals surface area (Å²) in [5, 5.41) is 27.8. The summed E-state index contributed by atoms with van der Waals surface area (Å²) in [7, 11) is 2.40. The van der Waals surface area contributed by atoms with Crippen molar-refractivity contribution in [1.29, 1.82) is 10.5 Å². The van der Waals surface area contributed by atoms with Crippen LogP contribution in [0.5, 0.6) is 0 Å². The zero-order chi connectivity index (χ0) is 45.6. The van der Waals surface area contributed by atoms with Crippen molar-refractivity contribution in [2.45, 2.75) is 179 Å². The SMILES string of the molecule is C.CO.COC(=O)[C@@H]1C[C@]2(C#N)CC(=O)CC[C@]2(C)[C@@]23OC2C[C@@]2(C)C(CC[C@@]24CCC(=O)O4)C13.C[C@]12CCC(=O)C3C(=O)C(C[C@]31C#N)C1C3CC[C@@]4(CCC(=O)O4)[C@@]3(C)CC3O[C@]312. The number of ether oxygens (including phenoxy) is 5. The van der Waals surface area contributed by atoms with Crippen LogP contribution >= 0.6 is 0 Å². The smallest absolute Gasteiger partial charge is 0.309 e. The van der Waals surface area contributed by atoms with Crippen LogP contribution in [0, 0.1) is 96.6 Å². The van der Waals surface area contributed by atoms with Gasteiger partial charge in [-0.3, -0.25) is 28.8 Å². The van der Waals surface area contributed by atoms with Gasteiger partial charge >= 0.3 is 17.9 Å². The van der Waals surface area contributed by atoms with Crippen LogP contribution in [0.4, 0.5) is 0 Å². The molecule has 1 N–H and O–H groups in total. The van der Waals surface area contributed by atoms with Gasteiger partial charge in [0.15, 0.2) is 0 Å². The van der Waals surface area contributed by atoms with Crippen LogP contribution in [-0.2, 0) is 52.5 Å². The molecule has 19 atom stereocenters. The highest BCUT2D eigenvalue weighted by molar-refractivity contribution is 6.08. The minimum absolute atomic E-state index is 0. The van der Waals surface area contributed by atoms with Crippen molar-refractivity contribution in [2.24, 2.45) is 73.9 Å². The molecule has 0 aromatic carbocycles. The summed E-state index contributed by atoms with van der Waals surface area (Å²) < 4.78 is 30.6. The topological polar surface area (TPSA) is 223 Å². The Labute approximate surface area is 381 Å². The molecule has 4 spiro atoms. The fourth-order valence-corrected chi connectivity index (χ4v) is 19.5. The third-order valence-corrected chi connectivity index (χ3v) is 22.5. The summed E-state index contributed by atoms with van der Waals surface area (Å²) in [6.07, 6.45) is 10.4. The molecule has 4 aliphatic heterocycles. The second kappa shape index (κ2) is 13.5. The molecular formula is C51H66N2O12. The van der Waals surface area contributed by atoms with Crippen LogP contribution in [0.2, 0.25) is 0 Å². The molecule has 0 aromatic rings. The Morgan fingerprint density at radius 3 is 1.74 bits per heavy atom. The lowest BCUT2D eigenvalue weighted by Gasteiger charge is -2.63. The van der Waals surface area contributed by atoms with Crippen molar-refractivity contribution in [3.8, 4) is 12.1 Å². The van der Waals surface area contributed by atoms with Crippen molar-refractivity contribution in [2.75, 3.05) is 14.2 Å². The van der Waals surface area contributed by atoms with Gasteiger partial charge in [-0.25, -0.2) is 0 Å². The minimum Gasteiger partial charge on any atom is -0.469 e. The van der Waals surface area contributed by atoms with Gasteiger partial charge in [0.2, 0.25) is 0 Å². The molecule has 13 fully saturated rings. The summed E-state index contributed by atoms with van der Waals surface area (Å²) in [5.74, 6) is -1.77. The van der Waals surface area contributed by atoms with Gasteiger partial charge < -0.3 is 28.8 Å². The van der Waals surface area contributed by atoms with Crippen molar-refractivity contribution in [3.05, 3.63) is 0 Å². The zero-order valence-electron chi connectivity index (χ0n) is 38.0. The van der Waals surface area contributed by atoms with Crippen molar-refractivity contribution < 1.29 is 57.6 Å². The fourth-order valence-electron chi connectivity index (χ4n) is 19.5. The first-order valence-corrected chi connectivity index (χ1v) is 24.0. The summed E-state index contributed by atoms with van der Waals surface area (Å²) in [5.41, 5.74) is -5.29. The lowest BCUT2D eigenvalue weighted by Crippen LogP contribution is -2.68. The number of esters is 3. The molecule has 9 aliphatic carbocycles. The third-order valence-electron chi connectivity index (χ3n) is 22.5. The first-order valence-electron chi connectivity index (χ1n) is 24.0. The molecule has 8 unspecified atom stereocenters. The number of methoxy groups -OCH3 is 1. The first kappa shape index (κ1) is 45.1. The van der Waals surface area contributed by atoms with Gasteiger partial charge in [0.1, 0.15) is 39.8 Å². The summed E-state index contributed by atoms with van der Waals surface area (Å²) in [6.45, 7) is 8.74. The van der Waals surface area contributed by atoms with Gasteiger partial charge in [0.25, 0.3) is 0 Å². The number of nitrogens with zero attached hydrogens (tertiary/aromatic N) is 2. The molecule has 13 aliphatic rings. The number of aliphatic hydroxyl groups excluding tert-OH is 1. The van der Waals surface area contributed by atoms with E-state index in [9.17, 15) is 39.3 Å². The van der Waals surface area contributed by atoms with E-state index in [1.165, 1.54) is 7.11 Å². The maximum absolute atomic E-state index is 13.7. The number of nitriles is 2. The second-order valence-electron chi connectivity index (χ2n) is 23.4. The highest BCUT2D eigenvalue weighted by Crippen LogP contribution is 2.84. The Morgan fingerprint density at radius 2 is 1.23 bits per heavy atom. The molecule has 13 rings (SSSR count). The molecule has 0 radical (unpaired) electrons. The number of hydrogen-bond donors (Lipinski definition) is 1. The standard InChI is InChI=1S/C25H31NO6.C24H27NO5.CH4O.CH4/c1-21-12-17-25(31-17)19(16(21)5-8-24(21)9-6-18(28)32-24)15(20(29)30-3)11-23(13-26)10-14(27)4-7-22(23,25)2;1-20-10-15-24(29-15)17(13(20)3-7-23(20)8-5-16(27)30-23)12-9-22(11-25)18(19(12)28)14(26)4-6-21(22,24)2;1-2;/h15-17,19H,4-12H2,1-3H3;12-13,15,17-18H,3-10H2,1-2H3;2H,1H3;1H4/t15-,16?,17?,19?,21+,22+,23+,24-,25-;12?,13?,15?,17?,18?,20-,21-,22-,23+,24+;;/m10../s1.